The first-order chi connectivity index (χ1) is 11.6. The Morgan fingerprint density at radius 1 is 0.917 bits per heavy atom. The number of carbonyl (C=O) groups excluding carboxylic acids is 3. The minimum Gasteiger partial charge on any atom is -0.339 e. The molecule has 1 N–H and O–H groups in total. The summed E-state index contributed by atoms with van der Waals surface area (Å²) in [5.74, 6) is 0.672. The second-order valence-corrected chi connectivity index (χ2v) is 8.01. The summed E-state index contributed by atoms with van der Waals surface area (Å²) in [6, 6.07) is 0.179. The average Bonchev–Trinajstić information content (AvgIpc) is 3.35. The molecule has 2 aliphatic heterocycles. The fourth-order valence-corrected chi connectivity index (χ4v) is 4.63. The van der Waals surface area contributed by atoms with Crippen molar-refractivity contribution in [1.82, 2.24) is 15.1 Å². The molecule has 4 rings (SSSR count). The van der Waals surface area contributed by atoms with Gasteiger partial charge in [-0.3, -0.25) is 14.5 Å². The topological polar surface area (TPSA) is 69.7 Å². The van der Waals surface area contributed by atoms with Crippen LogP contribution in [0, 0.1) is 11.8 Å². The predicted molar refractivity (Wildman–Crippen MR) is 88.1 cm³/mol. The van der Waals surface area contributed by atoms with E-state index in [4.69, 9.17) is 0 Å². The van der Waals surface area contributed by atoms with E-state index in [0.29, 0.717) is 37.9 Å². The fraction of sp³-hybridized carbons (Fsp3) is 0.833. The molecule has 4 amide bonds. The fourth-order valence-electron chi connectivity index (χ4n) is 4.63. The van der Waals surface area contributed by atoms with Gasteiger partial charge in [0.15, 0.2) is 0 Å². The van der Waals surface area contributed by atoms with E-state index in [-0.39, 0.29) is 29.8 Å². The molecule has 0 bridgehead atoms. The molecule has 2 saturated carbocycles. The lowest BCUT2D eigenvalue weighted by Gasteiger charge is -2.37. The van der Waals surface area contributed by atoms with E-state index in [0.717, 1.165) is 25.7 Å². The summed E-state index contributed by atoms with van der Waals surface area (Å²) >= 11 is 0. The van der Waals surface area contributed by atoms with Crippen LogP contribution < -0.4 is 5.32 Å². The highest BCUT2D eigenvalue weighted by Gasteiger charge is 2.42. The van der Waals surface area contributed by atoms with Gasteiger partial charge in [-0.15, -0.1) is 0 Å². The standard InChI is InChI=1S/C18H27N3O3/c22-16-8-12(10-20(16)14-6-7-14)11-21-17(23)9-15(19-18(21)24)13-4-2-1-3-5-13/h12-15H,1-11H2,(H,19,24)/t12?,15-/m1/s1. The van der Waals surface area contributed by atoms with Crippen LogP contribution in [0.5, 0.6) is 0 Å². The largest absolute Gasteiger partial charge is 0.339 e. The Labute approximate surface area is 142 Å². The van der Waals surface area contributed by atoms with Crippen molar-refractivity contribution in [1.29, 1.82) is 0 Å². The number of urea groups is 1. The van der Waals surface area contributed by atoms with Gasteiger partial charge in [0, 0.05) is 43.9 Å². The average molecular weight is 333 g/mol. The maximum Gasteiger partial charge on any atom is 0.324 e. The Kier molecular flexibility index (Phi) is 4.22. The highest BCUT2D eigenvalue weighted by atomic mass is 16.2. The summed E-state index contributed by atoms with van der Waals surface area (Å²) in [7, 11) is 0. The Bertz CT molecular complexity index is 522. The highest BCUT2D eigenvalue weighted by Crippen LogP contribution is 2.34. The third-order valence-electron chi connectivity index (χ3n) is 6.14. The Morgan fingerprint density at radius 2 is 1.67 bits per heavy atom. The van der Waals surface area contributed by atoms with Crippen LogP contribution in [0.2, 0.25) is 0 Å². The van der Waals surface area contributed by atoms with Crippen molar-refractivity contribution in [2.24, 2.45) is 11.8 Å². The number of nitrogens with one attached hydrogen (secondary N) is 1. The molecule has 4 aliphatic rings. The normalized spacial score (nSPS) is 32.4. The lowest BCUT2D eigenvalue weighted by Crippen LogP contribution is -2.58. The molecule has 4 fully saturated rings. The van der Waals surface area contributed by atoms with Gasteiger partial charge in [0.2, 0.25) is 11.8 Å². The SMILES string of the molecule is O=C1C[C@H](C2CCCCC2)NC(=O)N1CC1CC(=O)N(C2CC2)C1. The maximum absolute atomic E-state index is 12.5. The first kappa shape index (κ1) is 15.9. The molecule has 6 heteroatoms. The molecule has 0 spiro atoms. The van der Waals surface area contributed by atoms with Crippen LogP contribution in [-0.2, 0) is 9.59 Å². The van der Waals surface area contributed by atoms with Crippen molar-refractivity contribution >= 4 is 17.8 Å². The van der Waals surface area contributed by atoms with Gasteiger partial charge in [0.1, 0.15) is 0 Å². The van der Waals surface area contributed by atoms with Crippen molar-refractivity contribution in [2.45, 2.75) is 69.9 Å². The number of carbonyl (C=O) groups is 3. The van der Waals surface area contributed by atoms with Gasteiger partial charge in [-0.1, -0.05) is 19.3 Å². The van der Waals surface area contributed by atoms with E-state index in [1.807, 2.05) is 4.90 Å². The van der Waals surface area contributed by atoms with Crippen molar-refractivity contribution < 1.29 is 14.4 Å². The molecule has 6 nitrogen and oxygen atoms in total. The Hall–Kier alpha value is -1.59. The number of imide groups is 1. The molecule has 2 aliphatic carbocycles. The summed E-state index contributed by atoms with van der Waals surface area (Å²) in [6.07, 6.45) is 9.01. The minimum atomic E-state index is -0.251. The van der Waals surface area contributed by atoms with Gasteiger partial charge < -0.3 is 10.2 Å². The van der Waals surface area contributed by atoms with Gasteiger partial charge >= 0.3 is 6.03 Å². The number of nitrogens with zero attached hydrogens (tertiary/aromatic N) is 2. The molecule has 2 heterocycles. The molecule has 0 aromatic heterocycles. The highest BCUT2D eigenvalue weighted by molar-refractivity contribution is 5.97. The van der Waals surface area contributed by atoms with Crippen LogP contribution in [-0.4, -0.2) is 52.8 Å². The third kappa shape index (κ3) is 3.15. The van der Waals surface area contributed by atoms with Gasteiger partial charge in [-0.25, -0.2) is 4.79 Å². The molecule has 0 aromatic rings. The minimum absolute atomic E-state index is 0.00900. The molecular weight excluding hydrogens is 306 g/mol. The van der Waals surface area contributed by atoms with E-state index in [9.17, 15) is 14.4 Å². The maximum atomic E-state index is 12.5. The zero-order valence-electron chi connectivity index (χ0n) is 14.2. The lowest BCUT2D eigenvalue weighted by molar-refractivity contribution is -0.131. The molecule has 132 valence electrons. The van der Waals surface area contributed by atoms with Gasteiger partial charge in [-0.05, 0) is 31.6 Å². The van der Waals surface area contributed by atoms with Crippen LogP contribution in [0.3, 0.4) is 0 Å². The van der Waals surface area contributed by atoms with Crippen molar-refractivity contribution in [3.05, 3.63) is 0 Å². The molecule has 24 heavy (non-hydrogen) atoms. The number of hydrogen-bond acceptors (Lipinski definition) is 3. The summed E-state index contributed by atoms with van der Waals surface area (Å²) < 4.78 is 0. The Balaban J connectivity index is 1.34. The van der Waals surface area contributed by atoms with E-state index < -0.39 is 0 Å². The Morgan fingerprint density at radius 3 is 2.33 bits per heavy atom. The number of rotatable bonds is 4. The second kappa shape index (κ2) is 6.37. The van der Waals surface area contributed by atoms with Crippen molar-refractivity contribution in [3.63, 3.8) is 0 Å². The van der Waals surface area contributed by atoms with E-state index in [1.165, 1.54) is 24.2 Å². The predicted octanol–water partition coefficient (Wildman–Crippen LogP) is 1.89. The quantitative estimate of drug-likeness (QED) is 0.854. The summed E-state index contributed by atoms with van der Waals surface area (Å²) in [5.41, 5.74) is 0. The van der Waals surface area contributed by atoms with Crippen LogP contribution in [0.4, 0.5) is 4.79 Å². The molecule has 0 aromatic carbocycles. The lowest BCUT2D eigenvalue weighted by atomic mass is 9.82. The van der Waals surface area contributed by atoms with Gasteiger partial charge in [-0.2, -0.15) is 0 Å². The van der Waals surface area contributed by atoms with Crippen LogP contribution in [0.15, 0.2) is 0 Å². The third-order valence-corrected chi connectivity index (χ3v) is 6.14. The van der Waals surface area contributed by atoms with E-state index >= 15 is 0 Å². The van der Waals surface area contributed by atoms with Crippen molar-refractivity contribution in [2.75, 3.05) is 13.1 Å². The first-order valence-corrected chi connectivity index (χ1v) is 9.52. The first-order valence-electron chi connectivity index (χ1n) is 9.52. The van der Waals surface area contributed by atoms with Crippen molar-refractivity contribution in [3.8, 4) is 0 Å². The van der Waals surface area contributed by atoms with E-state index in [2.05, 4.69) is 5.32 Å². The number of likely N-dealkylation sites (tertiary alicyclic amines) is 1. The number of hydrogen-bond donors (Lipinski definition) is 1. The molecule has 0 radical (unpaired) electrons. The van der Waals surface area contributed by atoms with Crippen LogP contribution in [0.25, 0.3) is 0 Å². The molecular formula is C18H27N3O3. The summed E-state index contributed by atoms with van der Waals surface area (Å²) in [5, 5.41) is 3.07. The smallest absolute Gasteiger partial charge is 0.324 e. The molecule has 2 saturated heterocycles. The van der Waals surface area contributed by atoms with Gasteiger partial charge in [0.25, 0.3) is 0 Å². The second-order valence-electron chi connectivity index (χ2n) is 8.01. The van der Waals surface area contributed by atoms with Gasteiger partial charge in [0.05, 0.1) is 0 Å². The monoisotopic (exact) mass is 333 g/mol. The molecule has 2 atom stereocenters. The van der Waals surface area contributed by atoms with Crippen LogP contribution in [0.1, 0.15) is 57.8 Å². The summed E-state index contributed by atoms with van der Waals surface area (Å²) in [4.78, 5) is 40.3. The summed E-state index contributed by atoms with van der Waals surface area (Å²) in [6.45, 7) is 1.09. The number of amides is 4. The zero-order chi connectivity index (χ0) is 16.7. The van der Waals surface area contributed by atoms with Crippen LogP contribution >= 0.6 is 0 Å². The van der Waals surface area contributed by atoms with E-state index in [1.54, 1.807) is 0 Å². The zero-order valence-corrected chi connectivity index (χ0v) is 14.2. The molecule has 1 unspecified atom stereocenters.